The molecular formula is C10H15BrN4O3. The van der Waals surface area contributed by atoms with Crippen molar-refractivity contribution in [1.29, 1.82) is 0 Å². The Morgan fingerprint density at radius 3 is 2.83 bits per heavy atom. The second-order valence-electron chi connectivity index (χ2n) is 3.53. The summed E-state index contributed by atoms with van der Waals surface area (Å²) in [6, 6.07) is 0. The second kappa shape index (κ2) is 6.41. The molecular weight excluding hydrogens is 304 g/mol. The van der Waals surface area contributed by atoms with Gasteiger partial charge in [0.2, 0.25) is 0 Å². The SMILES string of the molecule is C=C(Br)CNc1c(N)n(CCOC)c(=O)[nH]c1=O. The number of aromatic amines is 1. The zero-order chi connectivity index (χ0) is 13.7. The first-order valence-corrected chi connectivity index (χ1v) is 5.95. The van der Waals surface area contributed by atoms with Crippen molar-refractivity contribution < 1.29 is 4.74 Å². The largest absolute Gasteiger partial charge is 0.383 e. The van der Waals surface area contributed by atoms with Crippen LogP contribution in [-0.4, -0.2) is 29.8 Å². The third-order valence-corrected chi connectivity index (χ3v) is 2.50. The summed E-state index contributed by atoms with van der Waals surface area (Å²) in [6.45, 7) is 4.55. The first kappa shape index (κ1) is 14.5. The number of methoxy groups -OCH3 is 1. The summed E-state index contributed by atoms with van der Waals surface area (Å²) in [4.78, 5) is 25.4. The number of anilines is 2. The molecule has 100 valence electrons. The molecule has 18 heavy (non-hydrogen) atoms. The number of nitrogen functional groups attached to an aromatic ring is 1. The van der Waals surface area contributed by atoms with Gasteiger partial charge < -0.3 is 15.8 Å². The van der Waals surface area contributed by atoms with Crippen molar-refractivity contribution in [2.45, 2.75) is 6.54 Å². The number of rotatable bonds is 6. The van der Waals surface area contributed by atoms with Crippen molar-refractivity contribution >= 4 is 27.4 Å². The smallest absolute Gasteiger partial charge is 0.330 e. The topological polar surface area (TPSA) is 102 Å². The van der Waals surface area contributed by atoms with Crippen molar-refractivity contribution in [3.63, 3.8) is 0 Å². The Kier molecular flexibility index (Phi) is 5.17. The van der Waals surface area contributed by atoms with Crippen LogP contribution in [0.15, 0.2) is 20.7 Å². The van der Waals surface area contributed by atoms with Gasteiger partial charge in [-0.05, 0) is 0 Å². The summed E-state index contributed by atoms with van der Waals surface area (Å²) in [5.74, 6) is 0.0783. The van der Waals surface area contributed by atoms with E-state index in [4.69, 9.17) is 10.5 Å². The molecule has 1 rings (SSSR count). The first-order chi connectivity index (χ1) is 8.47. The highest BCUT2D eigenvalue weighted by Crippen LogP contribution is 2.11. The summed E-state index contributed by atoms with van der Waals surface area (Å²) in [7, 11) is 1.51. The molecule has 1 heterocycles. The number of hydrogen-bond donors (Lipinski definition) is 3. The third kappa shape index (κ3) is 3.47. The number of hydrogen-bond acceptors (Lipinski definition) is 5. The lowest BCUT2D eigenvalue weighted by molar-refractivity contribution is 0.186. The molecule has 0 aliphatic carbocycles. The number of ether oxygens (including phenoxy) is 1. The number of H-pyrrole nitrogens is 1. The third-order valence-electron chi connectivity index (χ3n) is 2.22. The van der Waals surface area contributed by atoms with Crippen LogP contribution >= 0.6 is 15.9 Å². The Hall–Kier alpha value is -1.54. The molecule has 1 aromatic rings. The highest BCUT2D eigenvalue weighted by atomic mass is 79.9. The van der Waals surface area contributed by atoms with Crippen molar-refractivity contribution in [1.82, 2.24) is 9.55 Å². The minimum Gasteiger partial charge on any atom is -0.383 e. The summed E-state index contributed by atoms with van der Waals surface area (Å²) < 4.78 is 6.78. The van der Waals surface area contributed by atoms with Crippen LogP contribution in [0.3, 0.4) is 0 Å². The van der Waals surface area contributed by atoms with Gasteiger partial charge >= 0.3 is 5.69 Å². The quantitative estimate of drug-likeness (QED) is 0.689. The fourth-order valence-corrected chi connectivity index (χ4v) is 1.49. The molecule has 0 saturated heterocycles. The van der Waals surface area contributed by atoms with E-state index in [9.17, 15) is 9.59 Å². The summed E-state index contributed by atoms with van der Waals surface area (Å²) in [5.41, 5.74) is 4.82. The number of nitrogens with zero attached hydrogens (tertiary/aromatic N) is 1. The molecule has 0 atom stereocenters. The van der Waals surface area contributed by atoms with Crippen molar-refractivity contribution in [3.05, 3.63) is 31.9 Å². The normalized spacial score (nSPS) is 10.3. The number of aromatic nitrogens is 2. The summed E-state index contributed by atoms with van der Waals surface area (Å²) >= 11 is 3.16. The van der Waals surface area contributed by atoms with Crippen molar-refractivity contribution in [2.75, 3.05) is 31.3 Å². The van der Waals surface area contributed by atoms with Gasteiger partial charge in [0.25, 0.3) is 5.56 Å². The maximum atomic E-state index is 11.6. The van der Waals surface area contributed by atoms with E-state index in [2.05, 4.69) is 32.8 Å². The van der Waals surface area contributed by atoms with E-state index in [0.717, 1.165) is 0 Å². The molecule has 0 aliphatic rings. The minimum absolute atomic E-state index is 0.0783. The van der Waals surface area contributed by atoms with E-state index in [0.29, 0.717) is 17.6 Å². The van der Waals surface area contributed by atoms with Gasteiger partial charge in [0, 0.05) is 18.1 Å². The van der Waals surface area contributed by atoms with Gasteiger partial charge in [-0.15, -0.1) is 0 Å². The van der Waals surface area contributed by atoms with Crippen molar-refractivity contribution in [2.24, 2.45) is 0 Å². The zero-order valence-corrected chi connectivity index (χ0v) is 11.5. The molecule has 0 spiro atoms. The molecule has 0 aliphatic heterocycles. The Morgan fingerprint density at radius 1 is 1.61 bits per heavy atom. The Bertz CT molecular complexity index is 549. The van der Waals surface area contributed by atoms with E-state index in [-0.39, 0.29) is 18.1 Å². The van der Waals surface area contributed by atoms with Gasteiger partial charge in [-0.2, -0.15) is 0 Å². The standard InChI is InChI=1S/C10H15BrN4O3/c1-6(11)5-13-7-8(12)15(3-4-18-2)10(17)14-9(7)16/h13H,1,3-5,12H2,2H3,(H,14,16,17). The molecule has 0 unspecified atom stereocenters. The minimum atomic E-state index is -0.558. The van der Waals surface area contributed by atoms with Crippen LogP contribution < -0.4 is 22.3 Å². The number of halogens is 1. The van der Waals surface area contributed by atoms with Crippen LogP contribution in [-0.2, 0) is 11.3 Å². The molecule has 7 nitrogen and oxygen atoms in total. The number of nitrogens with two attached hydrogens (primary N) is 1. The fraction of sp³-hybridized carbons (Fsp3) is 0.400. The van der Waals surface area contributed by atoms with Crippen LogP contribution in [0.2, 0.25) is 0 Å². The Labute approximate surface area is 112 Å². The van der Waals surface area contributed by atoms with E-state index in [1.54, 1.807) is 0 Å². The summed E-state index contributed by atoms with van der Waals surface area (Å²) in [6.07, 6.45) is 0. The molecule has 4 N–H and O–H groups in total. The maximum absolute atomic E-state index is 11.6. The van der Waals surface area contributed by atoms with E-state index in [1.165, 1.54) is 11.7 Å². The van der Waals surface area contributed by atoms with E-state index in [1.807, 2.05) is 0 Å². The molecule has 0 radical (unpaired) electrons. The fourth-order valence-electron chi connectivity index (χ4n) is 1.35. The predicted molar refractivity (Wildman–Crippen MR) is 74.2 cm³/mol. The average molecular weight is 319 g/mol. The van der Waals surface area contributed by atoms with Crippen LogP contribution in [0, 0.1) is 0 Å². The van der Waals surface area contributed by atoms with Crippen LogP contribution in [0.25, 0.3) is 0 Å². The number of nitrogens with one attached hydrogen (secondary N) is 2. The highest BCUT2D eigenvalue weighted by molar-refractivity contribution is 9.11. The lowest BCUT2D eigenvalue weighted by atomic mass is 10.4. The predicted octanol–water partition coefficient (Wildman–Crippen LogP) is 0.0857. The molecule has 0 saturated carbocycles. The lowest BCUT2D eigenvalue weighted by Crippen LogP contribution is -2.35. The van der Waals surface area contributed by atoms with Crippen LogP contribution in [0.4, 0.5) is 11.5 Å². The zero-order valence-electron chi connectivity index (χ0n) is 9.96. The summed E-state index contributed by atoms with van der Waals surface area (Å²) in [5, 5.41) is 2.81. The van der Waals surface area contributed by atoms with Gasteiger partial charge in [-0.1, -0.05) is 22.5 Å². The Balaban J connectivity index is 3.13. The van der Waals surface area contributed by atoms with Gasteiger partial charge in [-0.25, -0.2) is 4.79 Å². The van der Waals surface area contributed by atoms with Gasteiger partial charge in [0.1, 0.15) is 11.5 Å². The lowest BCUT2D eigenvalue weighted by Gasteiger charge is -2.13. The molecule has 0 amide bonds. The molecule has 0 fully saturated rings. The average Bonchev–Trinajstić information content (AvgIpc) is 2.27. The highest BCUT2D eigenvalue weighted by Gasteiger charge is 2.11. The first-order valence-electron chi connectivity index (χ1n) is 5.16. The van der Waals surface area contributed by atoms with Gasteiger partial charge in [0.05, 0.1) is 13.2 Å². The van der Waals surface area contributed by atoms with Crippen molar-refractivity contribution in [3.8, 4) is 0 Å². The maximum Gasteiger partial charge on any atom is 0.330 e. The van der Waals surface area contributed by atoms with E-state index < -0.39 is 11.2 Å². The van der Waals surface area contributed by atoms with Gasteiger partial charge in [-0.3, -0.25) is 14.3 Å². The molecule has 0 aromatic carbocycles. The van der Waals surface area contributed by atoms with Crippen LogP contribution in [0.1, 0.15) is 0 Å². The second-order valence-corrected chi connectivity index (χ2v) is 4.66. The van der Waals surface area contributed by atoms with E-state index >= 15 is 0 Å². The molecule has 8 heteroatoms. The molecule has 0 bridgehead atoms. The monoisotopic (exact) mass is 318 g/mol. The molecule has 1 aromatic heterocycles. The Morgan fingerprint density at radius 2 is 2.28 bits per heavy atom. The van der Waals surface area contributed by atoms with Crippen LogP contribution in [0.5, 0.6) is 0 Å². The van der Waals surface area contributed by atoms with Gasteiger partial charge in [0.15, 0.2) is 0 Å².